The molecule has 0 N–H and O–H groups in total. The second-order valence-corrected chi connectivity index (χ2v) is 8.21. The average Bonchev–Trinajstić information content (AvgIpc) is 3.39. The molecule has 1 saturated heterocycles. The Balaban J connectivity index is 1.43. The first-order valence-corrected chi connectivity index (χ1v) is 11.1. The number of rotatable bonds is 6. The summed E-state index contributed by atoms with van der Waals surface area (Å²) in [6.45, 7) is 1.88. The molecule has 0 atom stereocenters. The lowest BCUT2D eigenvalue weighted by molar-refractivity contribution is 0.0518. The summed E-state index contributed by atoms with van der Waals surface area (Å²) in [4.78, 5) is 29.0. The molecule has 0 bridgehead atoms. The van der Waals surface area contributed by atoms with E-state index < -0.39 is 0 Å². The fraction of sp³-hybridized carbons (Fsp3) is 0.250. The second kappa shape index (κ2) is 10.2. The molecule has 9 heteroatoms. The number of methoxy groups -OCH3 is 1. The fourth-order valence-electron chi connectivity index (χ4n) is 3.63. The molecule has 1 aliphatic rings. The third-order valence-electron chi connectivity index (χ3n) is 5.41. The number of benzene rings is 2. The SMILES string of the molecule is COc1ccc(C(=O)N2CCN(C(=O)c3ccco3)CC2)cc1COc1cccc(Cl)c1Cl. The molecule has 2 heterocycles. The first-order valence-electron chi connectivity index (χ1n) is 10.3. The van der Waals surface area contributed by atoms with E-state index >= 15 is 0 Å². The number of amides is 2. The molecule has 0 unspecified atom stereocenters. The standard InChI is InChI=1S/C24H22Cl2N2O5/c1-31-19-8-7-16(14-17(19)15-33-20-5-2-4-18(25)22(20)26)23(29)27-9-11-28(12-10-27)24(30)21-6-3-13-32-21/h2-8,13-14H,9-12,15H2,1H3. The maximum Gasteiger partial charge on any atom is 0.289 e. The van der Waals surface area contributed by atoms with E-state index in [9.17, 15) is 9.59 Å². The van der Waals surface area contributed by atoms with E-state index in [1.165, 1.54) is 6.26 Å². The minimum atomic E-state index is -0.171. The van der Waals surface area contributed by atoms with E-state index in [2.05, 4.69) is 0 Å². The van der Waals surface area contributed by atoms with Gasteiger partial charge in [-0.25, -0.2) is 0 Å². The van der Waals surface area contributed by atoms with Crippen LogP contribution in [0.3, 0.4) is 0 Å². The number of hydrogen-bond acceptors (Lipinski definition) is 5. The van der Waals surface area contributed by atoms with Crippen molar-refractivity contribution in [1.29, 1.82) is 0 Å². The zero-order valence-electron chi connectivity index (χ0n) is 17.9. The molecule has 0 spiro atoms. The normalized spacial score (nSPS) is 13.7. The van der Waals surface area contributed by atoms with Gasteiger partial charge in [0, 0.05) is 37.3 Å². The lowest BCUT2D eigenvalue weighted by Crippen LogP contribution is -2.50. The Kier molecular flexibility index (Phi) is 7.11. The average molecular weight is 489 g/mol. The Hall–Kier alpha value is -3.16. The van der Waals surface area contributed by atoms with Gasteiger partial charge in [-0.1, -0.05) is 29.3 Å². The summed E-state index contributed by atoms with van der Waals surface area (Å²) in [5, 5.41) is 0.724. The Bertz CT molecular complexity index is 1140. The van der Waals surface area contributed by atoms with Crippen molar-refractivity contribution < 1.29 is 23.5 Å². The van der Waals surface area contributed by atoms with Gasteiger partial charge in [-0.2, -0.15) is 0 Å². The van der Waals surface area contributed by atoms with Gasteiger partial charge >= 0.3 is 0 Å². The van der Waals surface area contributed by atoms with Crippen LogP contribution in [0.5, 0.6) is 11.5 Å². The van der Waals surface area contributed by atoms with Gasteiger partial charge in [-0.15, -0.1) is 0 Å². The smallest absolute Gasteiger partial charge is 0.289 e. The van der Waals surface area contributed by atoms with Crippen LogP contribution in [-0.4, -0.2) is 54.9 Å². The molecule has 1 aromatic heterocycles. The van der Waals surface area contributed by atoms with Gasteiger partial charge < -0.3 is 23.7 Å². The molecule has 3 aromatic rings. The fourth-order valence-corrected chi connectivity index (χ4v) is 3.97. The third-order valence-corrected chi connectivity index (χ3v) is 6.21. The van der Waals surface area contributed by atoms with E-state index in [0.29, 0.717) is 64.6 Å². The Labute approximate surface area is 201 Å². The van der Waals surface area contributed by atoms with Crippen molar-refractivity contribution in [3.8, 4) is 11.5 Å². The Morgan fingerprint density at radius 1 is 0.939 bits per heavy atom. The number of furan rings is 1. The topological polar surface area (TPSA) is 72.2 Å². The van der Waals surface area contributed by atoms with Crippen molar-refractivity contribution in [3.63, 3.8) is 0 Å². The highest BCUT2D eigenvalue weighted by atomic mass is 35.5. The minimum Gasteiger partial charge on any atom is -0.496 e. The van der Waals surface area contributed by atoms with Gasteiger partial charge in [-0.05, 0) is 42.5 Å². The van der Waals surface area contributed by atoms with Crippen molar-refractivity contribution in [2.45, 2.75) is 6.61 Å². The van der Waals surface area contributed by atoms with Crippen LogP contribution in [-0.2, 0) is 6.61 Å². The van der Waals surface area contributed by atoms with Crippen LogP contribution in [0, 0.1) is 0 Å². The van der Waals surface area contributed by atoms with Crippen LogP contribution in [0.25, 0.3) is 0 Å². The van der Waals surface area contributed by atoms with Crippen LogP contribution in [0.1, 0.15) is 26.5 Å². The maximum atomic E-state index is 13.1. The first kappa shape index (κ1) is 23.0. The number of halogens is 2. The van der Waals surface area contributed by atoms with Crippen molar-refractivity contribution in [1.82, 2.24) is 9.80 Å². The molecule has 1 fully saturated rings. The second-order valence-electron chi connectivity index (χ2n) is 7.43. The van der Waals surface area contributed by atoms with Crippen LogP contribution in [0.15, 0.2) is 59.2 Å². The van der Waals surface area contributed by atoms with Gasteiger partial charge in [0.2, 0.25) is 0 Å². The zero-order valence-corrected chi connectivity index (χ0v) is 19.4. The summed E-state index contributed by atoms with van der Waals surface area (Å²) in [7, 11) is 1.56. The quantitative estimate of drug-likeness (QED) is 0.499. The van der Waals surface area contributed by atoms with Crippen molar-refractivity contribution in [2.75, 3.05) is 33.3 Å². The van der Waals surface area contributed by atoms with E-state index in [1.54, 1.807) is 65.4 Å². The van der Waals surface area contributed by atoms with Crippen LogP contribution >= 0.6 is 23.2 Å². The van der Waals surface area contributed by atoms with Gasteiger partial charge in [0.05, 0.1) is 18.4 Å². The predicted molar refractivity (Wildman–Crippen MR) is 124 cm³/mol. The molecule has 0 radical (unpaired) electrons. The lowest BCUT2D eigenvalue weighted by Gasteiger charge is -2.34. The minimum absolute atomic E-state index is 0.121. The monoisotopic (exact) mass is 488 g/mol. The summed E-state index contributed by atoms with van der Waals surface area (Å²) >= 11 is 12.2. The molecule has 7 nitrogen and oxygen atoms in total. The van der Waals surface area contributed by atoms with E-state index in [4.69, 9.17) is 37.1 Å². The summed E-state index contributed by atoms with van der Waals surface area (Å²) in [5.41, 5.74) is 1.21. The molecule has 33 heavy (non-hydrogen) atoms. The maximum absolute atomic E-state index is 13.1. The highest BCUT2D eigenvalue weighted by molar-refractivity contribution is 6.42. The molecule has 2 aromatic carbocycles. The first-order chi connectivity index (χ1) is 16.0. The molecule has 1 aliphatic heterocycles. The van der Waals surface area contributed by atoms with Crippen molar-refractivity contribution in [2.24, 2.45) is 0 Å². The number of piperazine rings is 1. The predicted octanol–water partition coefficient (Wildman–Crippen LogP) is 4.77. The Morgan fingerprint density at radius 2 is 1.67 bits per heavy atom. The van der Waals surface area contributed by atoms with Crippen molar-refractivity contribution in [3.05, 3.63) is 81.7 Å². The summed E-state index contributed by atoms with van der Waals surface area (Å²) < 4.78 is 16.4. The molecule has 4 rings (SSSR count). The highest BCUT2D eigenvalue weighted by Gasteiger charge is 2.27. The summed E-state index contributed by atoms with van der Waals surface area (Å²) in [6.07, 6.45) is 1.47. The van der Waals surface area contributed by atoms with Gasteiger partial charge in [0.1, 0.15) is 23.1 Å². The lowest BCUT2D eigenvalue weighted by atomic mass is 10.1. The molecule has 0 aliphatic carbocycles. The van der Waals surface area contributed by atoms with E-state index in [1.807, 2.05) is 0 Å². The van der Waals surface area contributed by atoms with Gasteiger partial charge in [0.15, 0.2) is 5.76 Å². The Morgan fingerprint density at radius 3 is 2.33 bits per heavy atom. The van der Waals surface area contributed by atoms with E-state index in [-0.39, 0.29) is 18.4 Å². The summed E-state index contributed by atoms with van der Waals surface area (Å²) in [6, 6.07) is 13.7. The molecule has 172 valence electrons. The van der Waals surface area contributed by atoms with Crippen molar-refractivity contribution >= 4 is 35.0 Å². The zero-order chi connectivity index (χ0) is 23.4. The molecule has 2 amide bonds. The van der Waals surface area contributed by atoms with Crippen LogP contribution < -0.4 is 9.47 Å². The van der Waals surface area contributed by atoms with Crippen LogP contribution in [0.4, 0.5) is 0 Å². The number of carbonyl (C=O) groups excluding carboxylic acids is 2. The largest absolute Gasteiger partial charge is 0.496 e. The van der Waals surface area contributed by atoms with E-state index in [0.717, 1.165) is 0 Å². The number of nitrogens with zero attached hydrogens (tertiary/aromatic N) is 2. The number of ether oxygens (including phenoxy) is 2. The van der Waals surface area contributed by atoms with Gasteiger partial charge in [-0.3, -0.25) is 9.59 Å². The summed E-state index contributed by atoms with van der Waals surface area (Å²) in [5.74, 6) is 1.05. The molecular weight excluding hydrogens is 467 g/mol. The number of hydrogen-bond donors (Lipinski definition) is 0. The number of carbonyl (C=O) groups is 2. The third kappa shape index (κ3) is 5.10. The van der Waals surface area contributed by atoms with Gasteiger partial charge in [0.25, 0.3) is 11.8 Å². The molecular formula is C24H22Cl2N2O5. The van der Waals surface area contributed by atoms with Crippen LogP contribution in [0.2, 0.25) is 10.0 Å². The molecule has 0 saturated carbocycles. The highest BCUT2D eigenvalue weighted by Crippen LogP contribution is 2.33.